The summed E-state index contributed by atoms with van der Waals surface area (Å²) in [5, 5.41) is 23.6. The number of hydrogen-bond donors (Lipinski definition) is 1. The SMILES string of the molecule is CCOc1ccccc1N1C[C@](O)(c2ccc([N+](=O)[O-])cc2)[N+]2=C1SCCC2. The van der Waals surface area contributed by atoms with Gasteiger partial charge in [0.05, 0.1) is 18.1 Å². The average Bonchev–Trinajstić information content (AvgIpc) is 3.03. The van der Waals surface area contributed by atoms with Gasteiger partial charge in [0.15, 0.2) is 18.0 Å². The first-order valence-electron chi connectivity index (χ1n) is 9.28. The number of para-hydroxylation sites is 2. The van der Waals surface area contributed by atoms with E-state index in [0.29, 0.717) is 18.7 Å². The smallest absolute Gasteiger partial charge is 0.316 e. The molecule has 0 saturated heterocycles. The summed E-state index contributed by atoms with van der Waals surface area (Å²) in [4.78, 5) is 12.6. The van der Waals surface area contributed by atoms with Crippen molar-refractivity contribution in [2.75, 3.05) is 30.3 Å². The van der Waals surface area contributed by atoms with Crippen LogP contribution in [0.25, 0.3) is 0 Å². The summed E-state index contributed by atoms with van der Waals surface area (Å²) in [5.74, 6) is 1.76. The van der Waals surface area contributed by atoms with Crippen LogP contribution in [0.2, 0.25) is 0 Å². The second kappa shape index (κ2) is 7.44. The first kappa shape index (κ1) is 18.8. The van der Waals surface area contributed by atoms with Crippen LogP contribution >= 0.6 is 11.8 Å². The normalized spacial score (nSPS) is 21.6. The molecule has 0 aliphatic carbocycles. The molecule has 2 aliphatic rings. The van der Waals surface area contributed by atoms with E-state index < -0.39 is 10.6 Å². The molecule has 0 bridgehead atoms. The third-order valence-electron chi connectivity index (χ3n) is 5.04. The highest BCUT2D eigenvalue weighted by Gasteiger charge is 2.53. The fourth-order valence-corrected chi connectivity index (χ4v) is 4.92. The molecule has 7 nitrogen and oxygen atoms in total. The monoisotopic (exact) mass is 400 g/mol. The van der Waals surface area contributed by atoms with Gasteiger partial charge >= 0.3 is 5.17 Å². The van der Waals surface area contributed by atoms with Crippen LogP contribution in [0.5, 0.6) is 5.75 Å². The zero-order chi connectivity index (χ0) is 19.7. The lowest BCUT2D eigenvalue weighted by Gasteiger charge is -2.24. The van der Waals surface area contributed by atoms with Gasteiger partial charge in [-0.05, 0) is 49.4 Å². The molecule has 0 fully saturated rings. The number of nitrogens with zero attached hydrogens (tertiary/aromatic N) is 3. The van der Waals surface area contributed by atoms with Gasteiger partial charge in [-0.15, -0.1) is 0 Å². The Balaban J connectivity index is 1.77. The number of aliphatic hydroxyl groups is 1. The third-order valence-corrected chi connectivity index (χ3v) is 6.23. The zero-order valence-corrected chi connectivity index (χ0v) is 16.4. The van der Waals surface area contributed by atoms with E-state index in [0.717, 1.165) is 35.3 Å². The Labute approximate surface area is 167 Å². The number of benzene rings is 2. The van der Waals surface area contributed by atoms with E-state index >= 15 is 0 Å². The zero-order valence-electron chi connectivity index (χ0n) is 15.6. The highest BCUT2D eigenvalue weighted by Crippen LogP contribution is 2.40. The van der Waals surface area contributed by atoms with Crippen molar-refractivity contribution in [2.45, 2.75) is 19.1 Å². The summed E-state index contributed by atoms with van der Waals surface area (Å²) >= 11 is 1.71. The van der Waals surface area contributed by atoms with Gasteiger partial charge in [0.2, 0.25) is 0 Å². The van der Waals surface area contributed by atoms with E-state index in [4.69, 9.17) is 4.74 Å². The Morgan fingerprint density at radius 3 is 2.75 bits per heavy atom. The molecule has 8 heteroatoms. The molecule has 2 aliphatic heterocycles. The van der Waals surface area contributed by atoms with Crippen LogP contribution < -0.4 is 9.64 Å². The van der Waals surface area contributed by atoms with Gasteiger partial charge in [0.1, 0.15) is 0 Å². The third kappa shape index (κ3) is 3.12. The second-order valence-electron chi connectivity index (χ2n) is 6.74. The van der Waals surface area contributed by atoms with Crippen LogP contribution in [-0.2, 0) is 5.72 Å². The Hall–Kier alpha value is -2.58. The van der Waals surface area contributed by atoms with Crippen molar-refractivity contribution in [3.63, 3.8) is 0 Å². The molecular weight excluding hydrogens is 378 g/mol. The van der Waals surface area contributed by atoms with Crippen LogP contribution in [0.3, 0.4) is 0 Å². The first-order valence-corrected chi connectivity index (χ1v) is 10.3. The Kier molecular flexibility index (Phi) is 4.99. The van der Waals surface area contributed by atoms with Gasteiger partial charge in [0, 0.05) is 23.4 Å². The van der Waals surface area contributed by atoms with Crippen LogP contribution in [0, 0.1) is 10.1 Å². The molecule has 1 atom stereocenters. The van der Waals surface area contributed by atoms with Gasteiger partial charge in [-0.2, -0.15) is 0 Å². The number of amidine groups is 1. The molecule has 0 amide bonds. The highest BCUT2D eigenvalue weighted by atomic mass is 32.2. The topological polar surface area (TPSA) is 78.9 Å². The number of nitro benzene ring substituents is 1. The van der Waals surface area contributed by atoms with Crippen molar-refractivity contribution in [2.24, 2.45) is 0 Å². The summed E-state index contributed by atoms with van der Waals surface area (Å²) in [6.45, 7) is 3.56. The standard InChI is InChI=1S/C20H22N3O4S/c1-2-27-18-7-4-3-6-17(18)21-14-20(24,22-12-5-13-28-19(21)22)15-8-10-16(11-9-15)23(25)26/h3-4,6-11,24H,2,5,12-14H2,1H3/q+1/t20-/m0/s1. The van der Waals surface area contributed by atoms with Crippen LogP contribution in [0.4, 0.5) is 11.4 Å². The Morgan fingerprint density at radius 2 is 2.04 bits per heavy atom. The Bertz CT molecular complexity index is 931. The second-order valence-corrected chi connectivity index (χ2v) is 7.81. The number of hydrogen-bond acceptors (Lipinski definition) is 6. The predicted molar refractivity (Wildman–Crippen MR) is 109 cm³/mol. The van der Waals surface area contributed by atoms with E-state index in [2.05, 4.69) is 4.90 Å². The minimum atomic E-state index is -1.25. The molecule has 4 rings (SSSR count). The maximum atomic E-state index is 11.7. The van der Waals surface area contributed by atoms with Gasteiger partial charge in [-0.1, -0.05) is 12.1 Å². The van der Waals surface area contributed by atoms with Gasteiger partial charge in [-0.3, -0.25) is 10.1 Å². The lowest BCUT2D eigenvalue weighted by atomic mass is 10.0. The van der Waals surface area contributed by atoms with Crippen LogP contribution in [0.1, 0.15) is 18.9 Å². The molecule has 0 spiro atoms. The average molecular weight is 400 g/mol. The van der Waals surface area contributed by atoms with Gasteiger partial charge < -0.3 is 9.84 Å². The van der Waals surface area contributed by atoms with Gasteiger partial charge in [-0.25, -0.2) is 9.48 Å². The molecule has 1 N–H and O–H groups in total. The summed E-state index contributed by atoms with van der Waals surface area (Å²) in [6.07, 6.45) is 0.963. The van der Waals surface area contributed by atoms with E-state index in [9.17, 15) is 15.2 Å². The van der Waals surface area contributed by atoms with E-state index in [1.807, 2.05) is 35.8 Å². The summed E-state index contributed by atoms with van der Waals surface area (Å²) in [6, 6.07) is 14.0. The number of β-amino-alcohol motifs (C(OH)–C–C–N with tert-alkyl or cyclic N) is 1. The number of nitro groups is 1. The maximum Gasteiger partial charge on any atom is 0.316 e. The fourth-order valence-electron chi connectivity index (χ4n) is 3.74. The fraction of sp³-hybridized carbons (Fsp3) is 0.350. The summed E-state index contributed by atoms with van der Waals surface area (Å²) < 4.78 is 7.81. The molecule has 0 saturated carbocycles. The number of non-ortho nitro benzene ring substituents is 1. The van der Waals surface area contributed by atoms with Gasteiger partial charge in [0.25, 0.3) is 11.4 Å². The number of ether oxygens (including phenoxy) is 1. The molecule has 2 aromatic rings. The Morgan fingerprint density at radius 1 is 1.29 bits per heavy atom. The molecule has 0 unspecified atom stereocenters. The molecule has 2 heterocycles. The van der Waals surface area contributed by atoms with E-state index in [-0.39, 0.29) is 5.69 Å². The van der Waals surface area contributed by atoms with E-state index in [1.54, 1.807) is 23.9 Å². The van der Waals surface area contributed by atoms with Crippen molar-refractivity contribution in [1.29, 1.82) is 0 Å². The molecule has 28 heavy (non-hydrogen) atoms. The molecule has 0 radical (unpaired) electrons. The largest absolute Gasteiger partial charge is 0.489 e. The molecule has 0 aromatic heterocycles. The maximum absolute atomic E-state index is 11.7. The van der Waals surface area contributed by atoms with Crippen LogP contribution in [0.15, 0.2) is 48.5 Å². The lowest BCUT2D eigenvalue weighted by Crippen LogP contribution is -2.41. The van der Waals surface area contributed by atoms with Crippen LogP contribution in [-0.4, -0.2) is 45.2 Å². The quantitative estimate of drug-likeness (QED) is 0.472. The number of anilines is 1. The van der Waals surface area contributed by atoms with Crippen molar-refractivity contribution >= 4 is 28.3 Å². The molecule has 2 aromatic carbocycles. The van der Waals surface area contributed by atoms with Crippen molar-refractivity contribution in [1.82, 2.24) is 0 Å². The minimum absolute atomic E-state index is 0.0149. The molecule has 146 valence electrons. The first-order chi connectivity index (χ1) is 13.5. The number of rotatable bonds is 5. The predicted octanol–water partition coefficient (Wildman–Crippen LogP) is 3.16. The summed E-state index contributed by atoms with van der Waals surface area (Å²) in [7, 11) is 0. The van der Waals surface area contributed by atoms with Crippen molar-refractivity contribution < 1.29 is 19.3 Å². The minimum Gasteiger partial charge on any atom is -0.489 e. The van der Waals surface area contributed by atoms with E-state index in [1.165, 1.54) is 12.1 Å². The lowest BCUT2D eigenvalue weighted by molar-refractivity contribution is -0.656. The highest BCUT2D eigenvalue weighted by molar-refractivity contribution is 8.13. The summed E-state index contributed by atoms with van der Waals surface area (Å²) in [5.41, 5.74) is 0.323. The molecular formula is C20H22N3O4S+. The van der Waals surface area contributed by atoms with Crippen molar-refractivity contribution in [3.05, 3.63) is 64.2 Å². The number of thioether (sulfide) groups is 1. The van der Waals surface area contributed by atoms with Crippen molar-refractivity contribution in [3.8, 4) is 5.75 Å².